The lowest BCUT2D eigenvalue weighted by molar-refractivity contribution is -0.145. The van der Waals surface area contributed by atoms with Crippen molar-refractivity contribution < 1.29 is 28.2 Å². The number of amides is 2. The highest BCUT2D eigenvalue weighted by atomic mass is 32.2. The molecule has 1 aromatic rings. The quantitative estimate of drug-likeness (QED) is 0.210. The molecule has 2 saturated carbocycles. The van der Waals surface area contributed by atoms with E-state index in [4.69, 9.17) is 5.73 Å². The van der Waals surface area contributed by atoms with Crippen LogP contribution in [-0.4, -0.2) is 93.9 Å². The van der Waals surface area contributed by atoms with Crippen molar-refractivity contribution in [2.45, 2.75) is 107 Å². The highest BCUT2D eigenvalue weighted by Gasteiger charge is 2.52. The first kappa shape index (κ1) is 35.2. The standard InChI is InChI=1S/C33H53N5O6S/c1-24(18-25-10-6-4-7-11-25)31(42)35-37(21-29(40)22-39)30(41)17-16-28-20-36(19-26-12-8-5-9-13-26)32(38(28)27-14-15-27)45(43,44)33(2,3)23-34/h4,6-7,10-11,20,24,26-27,29,32,39-40H,5,8-9,12-19,21-23,34H2,1-3H3,(H,35,42)/t24?,29?,32-/m1/s1. The molecule has 1 aliphatic heterocycles. The second-order valence-corrected chi connectivity index (χ2v) is 16.3. The lowest BCUT2D eigenvalue weighted by Crippen LogP contribution is -2.56. The largest absolute Gasteiger partial charge is 0.394 e. The van der Waals surface area contributed by atoms with Gasteiger partial charge >= 0.3 is 0 Å². The maximum atomic E-state index is 14.2. The number of nitrogens with one attached hydrogen (secondary N) is 1. The zero-order valence-electron chi connectivity index (χ0n) is 27.1. The van der Waals surface area contributed by atoms with Crippen LogP contribution in [0.3, 0.4) is 0 Å². The van der Waals surface area contributed by atoms with Gasteiger partial charge < -0.3 is 25.7 Å². The van der Waals surface area contributed by atoms with Crippen molar-refractivity contribution >= 4 is 21.7 Å². The van der Waals surface area contributed by atoms with E-state index < -0.39 is 44.6 Å². The average molecular weight is 648 g/mol. The molecular weight excluding hydrogens is 594 g/mol. The molecule has 0 bridgehead atoms. The van der Waals surface area contributed by atoms with Gasteiger partial charge in [0, 0.05) is 43.4 Å². The fourth-order valence-corrected chi connectivity index (χ4v) is 8.19. The Kier molecular flexibility index (Phi) is 11.9. The summed E-state index contributed by atoms with van der Waals surface area (Å²) in [5.74, 6) is -0.834. The summed E-state index contributed by atoms with van der Waals surface area (Å²) in [5.41, 5.74) is 9.56. The van der Waals surface area contributed by atoms with Crippen LogP contribution in [0.25, 0.3) is 0 Å². The summed E-state index contributed by atoms with van der Waals surface area (Å²) in [6.07, 6.45) is 8.83. The number of allylic oxidation sites excluding steroid dienone is 1. The number of carbonyl (C=O) groups is 2. The number of sulfone groups is 1. The third-order valence-electron chi connectivity index (χ3n) is 9.42. The summed E-state index contributed by atoms with van der Waals surface area (Å²) in [7, 11) is -3.74. The maximum absolute atomic E-state index is 14.2. The summed E-state index contributed by atoms with van der Waals surface area (Å²) in [4.78, 5) is 30.6. The molecule has 1 heterocycles. The van der Waals surface area contributed by atoms with E-state index in [-0.39, 0.29) is 37.9 Å². The van der Waals surface area contributed by atoms with Gasteiger partial charge in [-0.05, 0) is 63.9 Å². The predicted molar refractivity (Wildman–Crippen MR) is 174 cm³/mol. The number of rotatable bonds is 15. The zero-order valence-corrected chi connectivity index (χ0v) is 27.9. The van der Waals surface area contributed by atoms with E-state index >= 15 is 0 Å². The van der Waals surface area contributed by atoms with Crippen molar-refractivity contribution in [1.82, 2.24) is 20.2 Å². The van der Waals surface area contributed by atoms with Crippen molar-refractivity contribution in [2.75, 3.05) is 26.2 Å². The monoisotopic (exact) mass is 647 g/mol. The fourth-order valence-electron chi connectivity index (χ4n) is 6.28. The van der Waals surface area contributed by atoms with Crippen LogP contribution in [0.1, 0.15) is 84.1 Å². The number of hydrazine groups is 1. The van der Waals surface area contributed by atoms with Gasteiger partial charge in [-0.1, -0.05) is 56.5 Å². The Morgan fingerprint density at radius 2 is 1.78 bits per heavy atom. The van der Waals surface area contributed by atoms with E-state index in [2.05, 4.69) is 5.43 Å². The van der Waals surface area contributed by atoms with Crippen LogP contribution in [0, 0.1) is 11.8 Å². The summed E-state index contributed by atoms with van der Waals surface area (Å²) < 4.78 is 27.2. The van der Waals surface area contributed by atoms with Crippen molar-refractivity contribution in [3.8, 4) is 0 Å². The Morgan fingerprint density at radius 1 is 1.11 bits per heavy atom. The third kappa shape index (κ3) is 8.78. The minimum atomic E-state index is -3.74. The maximum Gasteiger partial charge on any atom is 0.241 e. The van der Waals surface area contributed by atoms with Gasteiger partial charge in [0.1, 0.15) is 0 Å². The van der Waals surface area contributed by atoms with Gasteiger partial charge in [0.25, 0.3) is 0 Å². The smallest absolute Gasteiger partial charge is 0.241 e. The first-order valence-corrected chi connectivity index (χ1v) is 18.0. The third-order valence-corrected chi connectivity index (χ3v) is 12.2. The SMILES string of the molecule is CC(Cc1ccccc1)C(=O)NN(CC(O)CO)C(=O)CCC1=CN(CC2CCCCC2)[C@@H](S(=O)(=O)C(C)(C)CN)N1C1CC1. The van der Waals surface area contributed by atoms with Gasteiger partial charge in [-0.25, -0.2) is 8.42 Å². The van der Waals surface area contributed by atoms with Crippen LogP contribution in [0.4, 0.5) is 0 Å². The molecule has 252 valence electrons. The predicted octanol–water partition coefficient (Wildman–Crippen LogP) is 2.50. The molecule has 2 fully saturated rings. The molecule has 12 heteroatoms. The lowest BCUT2D eigenvalue weighted by atomic mass is 9.89. The summed E-state index contributed by atoms with van der Waals surface area (Å²) >= 11 is 0. The van der Waals surface area contributed by atoms with Crippen LogP contribution in [0.2, 0.25) is 0 Å². The van der Waals surface area contributed by atoms with E-state index in [1.165, 1.54) is 6.42 Å². The van der Waals surface area contributed by atoms with E-state index in [0.29, 0.717) is 18.9 Å². The van der Waals surface area contributed by atoms with Gasteiger partial charge in [-0.3, -0.25) is 20.0 Å². The number of aliphatic hydroxyl groups is 2. The first-order valence-electron chi connectivity index (χ1n) is 16.5. The minimum absolute atomic E-state index is 0.0000353. The Balaban J connectivity index is 1.51. The summed E-state index contributed by atoms with van der Waals surface area (Å²) in [5, 5.41) is 20.7. The van der Waals surface area contributed by atoms with Gasteiger partial charge in [-0.15, -0.1) is 0 Å². The summed E-state index contributed by atoms with van der Waals surface area (Å²) in [6, 6.07) is 9.65. The molecule has 5 N–H and O–H groups in total. The Bertz CT molecular complexity index is 1280. The van der Waals surface area contributed by atoms with E-state index in [0.717, 1.165) is 54.8 Å². The molecule has 3 atom stereocenters. The van der Waals surface area contributed by atoms with Crippen LogP contribution in [-0.2, 0) is 25.8 Å². The average Bonchev–Trinajstić information content (AvgIpc) is 3.80. The Morgan fingerprint density at radius 3 is 2.38 bits per heavy atom. The van der Waals surface area contributed by atoms with Crippen molar-refractivity contribution in [1.29, 1.82) is 0 Å². The molecule has 2 amide bonds. The van der Waals surface area contributed by atoms with Crippen LogP contribution >= 0.6 is 0 Å². The van der Waals surface area contributed by atoms with Crippen molar-refractivity contribution in [3.63, 3.8) is 0 Å². The van der Waals surface area contributed by atoms with Gasteiger partial charge in [0.05, 0.1) is 24.0 Å². The van der Waals surface area contributed by atoms with Crippen LogP contribution in [0.15, 0.2) is 42.2 Å². The molecule has 0 radical (unpaired) electrons. The number of carbonyl (C=O) groups excluding carboxylic acids is 2. The van der Waals surface area contributed by atoms with E-state index in [9.17, 15) is 28.2 Å². The zero-order chi connectivity index (χ0) is 32.8. The first-order chi connectivity index (χ1) is 21.4. The molecule has 0 spiro atoms. The van der Waals surface area contributed by atoms with E-state index in [1.807, 2.05) is 46.3 Å². The number of aliphatic hydroxyl groups excluding tert-OH is 2. The fraction of sp³-hybridized carbons (Fsp3) is 0.697. The van der Waals surface area contributed by atoms with Gasteiger partial charge in [-0.2, -0.15) is 0 Å². The number of nitrogens with two attached hydrogens (primary N) is 1. The highest BCUT2D eigenvalue weighted by molar-refractivity contribution is 7.93. The second-order valence-electron chi connectivity index (χ2n) is 13.7. The highest BCUT2D eigenvalue weighted by Crippen LogP contribution is 2.43. The number of benzene rings is 1. The van der Waals surface area contributed by atoms with Gasteiger partial charge in [0.15, 0.2) is 9.84 Å². The molecule has 2 unspecified atom stereocenters. The molecule has 0 aromatic heterocycles. The molecule has 0 saturated heterocycles. The van der Waals surface area contributed by atoms with E-state index in [1.54, 1.807) is 20.8 Å². The van der Waals surface area contributed by atoms with Crippen molar-refractivity contribution in [3.05, 3.63) is 47.8 Å². The minimum Gasteiger partial charge on any atom is -0.394 e. The molecular formula is C33H53N5O6S. The Labute approximate surface area is 268 Å². The van der Waals surface area contributed by atoms with Crippen molar-refractivity contribution in [2.24, 2.45) is 17.6 Å². The second kappa shape index (κ2) is 15.3. The topological polar surface area (TPSA) is 157 Å². The molecule has 1 aromatic carbocycles. The molecule has 2 aliphatic carbocycles. The molecule has 45 heavy (non-hydrogen) atoms. The number of hydrogen-bond acceptors (Lipinski definition) is 9. The van der Waals surface area contributed by atoms with Gasteiger partial charge in [0.2, 0.25) is 17.3 Å². The Hall–Kier alpha value is -2.67. The molecule has 3 aliphatic rings. The van der Waals surface area contributed by atoms with Crippen LogP contribution < -0.4 is 11.2 Å². The molecule has 11 nitrogen and oxygen atoms in total. The lowest BCUT2D eigenvalue weighted by Gasteiger charge is -2.40. The molecule has 4 rings (SSSR count). The normalized spacial score (nSPS) is 20.9. The number of hydrogen-bond donors (Lipinski definition) is 4. The number of nitrogens with zero attached hydrogens (tertiary/aromatic N) is 3. The van der Waals surface area contributed by atoms with Crippen LogP contribution in [0.5, 0.6) is 0 Å². The summed E-state index contributed by atoms with van der Waals surface area (Å²) in [6.45, 7) is 4.94.